The summed E-state index contributed by atoms with van der Waals surface area (Å²) in [5, 5.41) is 0. The number of benzene rings is 1. The van der Waals surface area contributed by atoms with E-state index < -0.39 is 0 Å². The van der Waals surface area contributed by atoms with Gasteiger partial charge in [0.1, 0.15) is 5.82 Å². The van der Waals surface area contributed by atoms with Crippen molar-refractivity contribution in [1.29, 1.82) is 0 Å². The second kappa shape index (κ2) is 5.49. The molecule has 21 heavy (non-hydrogen) atoms. The molecule has 0 aliphatic rings. The van der Waals surface area contributed by atoms with E-state index in [2.05, 4.69) is 15.0 Å². The third kappa shape index (κ3) is 2.71. The average Bonchev–Trinajstić information content (AvgIpc) is 2.81. The molecule has 4 N–H and O–H groups in total. The van der Waals surface area contributed by atoms with Gasteiger partial charge in [0.2, 0.25) is 5.56 Å². The van der Waals surface area contributed by atoms with Crippen LogP contribution in [-0.4, -0.2) is 29.0 Å². The summed E-state index contributed by atoms with van der Waals surface area (Å²) in [6, 6.07) is 8.83. The molecule has 0 aliphatic carbocycles. The number of rotatable bonds is 2. The number of anilines is 2. The lowest BCUT2D eigenvalue weighted by molar-refractivity contribution is 1.13. The van der Waals surface area contributed by atoms with E-state index in [0.717, 1.165) is 16.8 Å². The van der Waals surface area contributed by atoms with Gasteiger partial charge < -0.3 is 20.6 Å². The highest BCUT2D eigenvalue weighted by Gasteiger charge is 2.12. The Morgan fingerprint density at radius 1 is 1.14 bits per heavy atom. The second-order valence-corrected chi connectivity index (χ2v) is 4.84. The van der Waals surface area contributed by atoms with Crippen LogP contribution in [0.25, 0.3) is 22.6 Å². The highest BCUT2D eigenvalue weighted by Crippen LogP contribution is 2.30. The molecular formula is C14H16ClN5O. The Kier molecular flexibility index (Phi) is 3.90. The van der Waals surface area contributed by atoms with Gasteiger partial charge in [-0.2, -0.15) is 0 Å². The van der Waals surface area contributed by atoms with E-state index in [1.54, 1.807) is 6.07 Å². The van der Waals surface area contributed by atoms with Crippen molar-refractivity contribution in [3.8, 4) is 11.4 Å². The standard InChI is InChI=1S/C14H15N5O.ClH/c1-19(2)11-7-8(15)3-4-9(11)13-16-10-5-6-12(20)17-14(10)18-13;/h3-7H,15H2,1-2H3,(H2,16,17,18,20);1H. The smallest absolute Gasteiger partial charge is 0.249 e. The van der Waals surface area contributed by atoms with Crippen LogP contribution >= 0.6 is 12.4 Å². The molecule has 0 fully saturated rings. The average molecular weight is 306 g/mol. The topological polar surface area (TPSA) is 90.8 Å². The van der Waals surface area contributed by atoms with Gasteiger partial charge >= 0.3 is 0 Å². The number of hydrogen-bond donors (Lipinski definition) is 3. The molecule has 0 radical (unpaired) electrons. The van der Waals surface area contributed by atoms with Crippen molar-refractivity contribution in [2.45, 2.75) is 0 Å². The number of nitrogen functional groups attached to an aromatic ring is 1. The molecule has 3 aromatic rings. The molecule has 2 heterocycles. The van der Waals surface area contributed by atoms with Gasteiger partial charge in [-0.15, -0.1) is 12.4 Å². The number of H-pyrrole nitrogens is 2. The first-order chi connectivity index (χ1) is 9.54. The van der Waals surface area contributed by atoms with Gasteiger partial charge in [0.25, 0.3) is 0 Å². The quantitative estimate of drug-likeness (QED) is 0.631. The van der Waals surface area contributed by atoms with Crippen LogP contribution in [0, 0.1) is 0 Å². The van der Waals surface area contributed by atoms with E-state index in [-0.39, 0.29) is 18.0 Å². The summed E-state index contributed by atoms with van der Waals surface area (Å²) >= 11 is 0. The Hall–Kier alpha value is -2.47. The van der Waals surface area contributed by atoms with Crippen LogP contribution in [0.15, 0.2) is 35.1 Å². The molecule has 6 nitrogen and oxygen atoms in total. The zero-order valence-electron chi connectivity index (χ0n) is 11.7. The van der Waals surface area contributed by atoms with Crippen molar-refractivity contribution < 1.29 is 0 Å². The van der Waals surface area contributed by atoms with Crippen molar-refractivity contribution in [2.75, 3.05) is 24.7 Å². The van der Waals surface area contributed by atoms with E-state index >= 15 is 0 Å². The molecule has 0 saturated carbocycles. The minimum atomic E-state index is -0.166. The number of aromatic nitrogens is 3. The minimum Gasteiger partial charge on any atom is -0.399 e. The fraction of sp³-hybridized carbons (Fsp3) is 0.143. The normalized spacial score (nSPS) is 10.4. The molecule has 0 unspecified atom stereocenters. The van der Waals surface area contributed by atoms with E-state index in [4.69, 9.17) is 5.73 Å². The third-order valence-electron chi connectivity index (χ3n) is 3.13. The van der Waals surface area contributed by atoms with Crippen LogP contribution < -0.4 is 16.2 Å². The summed E-state index contributed by atoms with van der Waals surface area (Å²) in [5.74, 6) is 0.700. The lowest BCUT2D eigenvalue weighted by Crippen LogP contribution is -2.10. The summed E-state index contributed by atoms with van der Waals surface area (Å²) in [6.45, 7) is 0. The first-order valence-electron chi connectivity index (χ1n) is 6.21. The van der Waals surface area contributed by atoms with Crippen LogP contribution in [0.4, 0.5) is 11.4 Å². The molecule has 0 atom stereocenters. The predicted molar refractivity (Wildman–Crippen MR) is 88.1 cm³/mol. The highest BCUT2D eigenvalue weighted by molar-refractivity contribution is 5.85. The molecule has 0 aliphatic heterocycles. The van der Waals surface area contributed by atoms with Crippen molar-refractivity contribution in [2.24, 2.45) is 0 Å². The Balaban J connectivity index is 0.00000161. The van der Waals surface area contributed by atoms with Gasteiger partial charge in [0, 0.05) is 37.1 Å². The molecule has 0 spiro atoms. The number of pyridine rings is 1. The maximum absolute atomic E-state index is 11.3. The number of fused-ring (bicyclic) bond motifs is 1. The van der Waals surface area contributed by atoms with Gasteiger partial charge in [-0.3, -0.25) is 4.79 Å². The summed E-state index contributed by atoms with van der Waals surface area (Å²) in [4.78, 5) is 23.6. The van der Waals surface area contributed by atoms with E-state index in [0.29, 0.717) is 17.2 Å². The van der Waals surface area contributed by atoms with Crippen molar-refractivity contribution in [3.63, 3.8) is 0 Å². The highest BCUT2D eigenvalue weighted by atomic mass is 35.5. The lowest BCUT2D eigenvalue weighted by Gasteiger charge is -2.16. The summed E-state index contributed by atoms with van der Waals surface area (Å²) in [7, 11) is 3.89. The fourth-order valence-corrected chi connectivity index (χ4v) is 2.17. The molecule has 0 amide bonds. The number of halogens is 1. The SMILES string of the molecule is CN(C)c1cc(N)ccc1-c1nc2[nH]c(=O)ccc2[nH]1.Cl. The van der Waals surface area contributed by atoms with Gasteiger partial charge in [-0.1, -0.05) is 0 Å². The fourth-order valence-electron chi connectivity index (χ4n) is 2.17. The third-order valence-corrected chi connectivity index (χ3v) is 3.13. The Bertz CT molecular complexity index is 837. The Morgan fingerprint density at radius 2 is 1.90 bits per heavy atom. The largest absolute Gasteiger partial charge is 0.399 e. The predicted octanol–water partition coefficient (Wildman–Crippen LogP) is 1.99. The van der Waals surface area contributed by atoms with Crippen LogP contribution in [-0.2, 0) is 0 Å². The number of hydrogen-bond acceptors (Lipinski definition) is 4. The lowest BCUT2D eigenvalue weighted by atomic mass is 10.1. The van der Waals surface area contributed by atoms with Crippen molar-refractivity contribution >= 4 is 34.9 Å². The van der Waals surface area contributed by atoms with Gasteiger partial charge in [0.15, 0.2) is 5.65 Å². The van der Waals surface area contributed by atoms with Crippen LogP contribution in [0.2, 0.25) is 0 Å². The molecular weight excluding hydrogens is 290 g/mol. The molecule has 2 aromatic heterocycles. The first-order valence-corrected chi connectivity index (χ1v) is 6.21. The Labute approximate surface area is 127 Å². The van der Waals surface area contributed by atoms with Crippen molar-refractivity contribution in [1.82, 2.24) is 15.0 Å². The minimum absolute atomic E-state index is 0. The summed E-state index contributed by atoms with van der Waals surface area (Å²) in [5.41, 5.74) is 9.60. The molecule has 110 valence electrons. The van der Waals surface area contributed by atoms with Crippen LogP contribution in [0.5, 0.6) is 0 Å². The number of aromatic amines is 2. The van der Waals surface area contributed by atoms with Gasteiger partial charge in [-0.05, 0) is 24.3 Å². The first kappa shape index (κ1) is 14.9. The molecule has 0 saturated heterocycles. The van der Waals surface area contributed by atoms with Gasteiger partial charge in [-0.25, -0.2) is 4.98 Å². The maximum atomic E-state index is 11.3. The van der Waals surface area contributed by atoms with Crippen LogP contribution in [0.3, 0.4) is 0 Å². The maximum Gasteiger partial charge on any atom is 0.249 e. The van der Waals surface area contributed by atoms with Crippen molar-refractivity contribution in [3.05, 3.63) is 40.7 Å². The summed E-state index contributed by atoms with van der Waals surface area (Å²) in [6.07, 6.45) is 0. The van der Waals surface area contributed by atoms with E-state index in [1.165, 1.54) is 6.07 Å². The van der Waals surface area contributed by atoms with E-state index in [9.17, 15) is 4.79 Å². The summed E-state index contributed by atoms with van der Waals surface area (Å²) < 4.78 is 0. The zero-order chi connectivity index (χ0) is 14.3. The molecule has 1 aromatic carbocycles. The zero-order valence-corrected chi connectivity index (χ0v) is 12.5. The molecule has 7 heteroatoms. The van der Waals surface area contributed by atoms with Crippen LogP contribution in [0.1, 0.15) is 0 Å². The number of nitrogens with two attached hydrogens (primary N) is 1. The molecule has 0 bridgehead atoms. The second-order valence-electron chi connectivity index (χ2n) is 4.84. The number of nitrogens with zero attached hydrogens (tertiary/aromatic N) is 2. The van der Waals surface area contributed by atoms with Gasteiger partial charge in [0.05, 0.1) is 5.52 Å². The monoisotopic (exact) mass is 305 g/mol. The number of nitrogens with one attached hydrogen (secondary N) is 2. The van der Waals surface area contributed by atoms with E-state index in [1.807, 2.05) is 37.2 Å². The Morgan fingerprint density at radius 3 is 2.62 bits per heavy atom. The molecule has 3 rings (SSSR count). The number of imidazole rings is 1.